The van der Waals surface area contributed by atoms with E-state index in [9.17, 15) is 15.2 Å². The lowest BCUT2D eigenvalue weighted by Gasteiger charge is -1.99. The van der Waals surface area contributed by atoms with E-state index in [0.29, 0.717) is 5.56 Å². The van der Waals surface area contributed by atoms with Crippen molar-refractivity contribution in [3.63, 3.8) is 0 Å². The number of phenolic OH excluding ortho intramolecular Hbond substituents is 1. The van der Waals surface area contributed by atoms with Gasteiger partial charge >= 0.3 is 5.69 Å². The van der Waals surface area contributed by atoms with Crippen LogP contribution in [0, 0.1) is 10.1 Å². The fourth-order valence-corrected chi connectivity index (χ4v) is 3.02. The number of benzene rings is 3. The third-order valence-corrected chi connectivity index (χ3v) is 4.22. The predicted octanol–water partition coefficient (Wildman–Crippen LogP) is 4.15. The van der Waals surface area contributed by atoms with Crippen LogP contribution in [0.3, 0.4) is 0 Å². The van der Waals surface area contributed by atoms with Crippen molar-refractivity contribution in [1.82, 2.24) is 0 Å². The lowest BCUT2D eigenvalue weighted by Crippen LogP contribution is -1.97. The third kappa shape index (κ3) is 2.63. The summed E-state index contributed by atoms with van der Waals surface area (Å²) in [6.07, 6.45) is 1.43. The first-order valence-corrected chi connectivity index (χ1v) is 7.93. The number of fused-ring (bicyclic) bond motifs is 3. The van der Waals surface area contributed by atoms with Crippen molar-refractivity contribution >= 4 is 17.6 Å². The Hall–Kier alpha value is -3.80. The SMILES string of the molecule is O=[N+]([O-])c1cc(/C=N/N=C2c3ccccc3-c3ccccc32)ccc1O. The highest BCUT2D eigenvalue weighted by Gasteiger charge is 2.23. The van der Waals surface area contributed by atoms with Gasteiger partial charge in [0, 0.05) is 22.8 Å². The number of nitrogens with zero attached hydrogens (tertiary/aromatic N) is 3. The second kappa shape index (κ2) is 6.25. The summed E-state index contributed by atoms with van der Waals surface area (Å²) in [7, 11) is 0. The molecule has 0 radical (unpaired) electrons. The second-order valence-corrected chi connectivity index (χ2v) is 5.79. The molecule has 0 spiro atoms. The van der Waals surface area contributed by atoms with Crippen molar-refractivity contribution in [3.8, 4) is 16.9 Å². The first-order valence-electron chi connectivity index (χ1n) is 7.93. The number of rotatable bonds is 3. The smallest absolute Gasteiger partial charge is 0.311 e. The van der Waals surface area contributed by atoms with E-state index in [0.717, 1.165) is 28.0 Å². The molecule has 0 heterocycles. The summed E-state index contributed by atoms with van der Waals surface area (Å²) in [6.45, 7) is 0. The highest BCUT2D eigenvalue weighted by molar-refractivity contribution is 6.24. The fourth-order valence-electron chi connectivity index (χ4n) is 3.02. The van der Waals surface area contributed by atoms with Crippen LogP contribution in [-0.2, 0) is 0 Å². The molecule has 1 N–H and O–H groups in total. The van der Waals surface area contributed by atoms with Crippen LogP contribution < -0.4 is 0 Å². The zero-order valence-corrected chi connectivity index (χ0v) is 13.5. The molecule has 0 atom stereocenters. The summed E-state index contributed by atoms with van der Waals surface area (Å²) in [5, 5.41) is 28.9. The molecule has 0 saturated carbocycles. The summed E-state index contributed by atoms with van der Waals surface area (Å²) >= 11 is 0. The molecule has 1 aliphatic rings. The summed E-state index contributed by atoms with van der Waals surface area (Å²) < 4.78 is 0. The van der Waals surface area contributed by atoms with Gasteiger partial charge in [-0.1, -0.05) is 48.5 Å². The minimum atomic E-state index is -0.637. The van der Waals surface area contributed by atoms with Gasteiger partial charge in [-0.15, -0.1) is 5.10 Å². The van der Waals surface area contributed by atoms with E-state index >= 15 is 0 Å². The Bertz CT molecular complexity index is 1040. The lowest BCUT2D eigenvalue weighted by molar-refractivity contribution is -0.385. The second-order valence-electron chi connectivity index (χ2n) is 5.79. The maximum absolute atomic E-state index is 10.9. The lowest BCUT2D eigenvalue weighted by atomic mass is 10.1. The number of hydrogen-bond acceptors (Lipinski definition) is 5. The van der Waals surface area contributed by atoms with Crippen LogP contribution in [-0.4, -0.2) is 22.0 Å². The molecule has 0 aromatic heterocycles. The maximum Gasteiger partial charge on any atom is 0.311 e. The van der Waals surface area contributed by atoms with Crippen molar-refractivity contribution in [3.05, 3.63) is 93.5 Å². The Morgan fingerprint density at radius 3 is 2.04 bits per heavy atom. The van der Waals surface area contributed by atoms with E-state index in [4.69, 9.17) is 0 Å². The summed E-state index contributed by atoms with van der Waals surface area (Å²) in [5.41, 5.74) is 5.11. The minimum absolute atomic E-state index is 0.363. The first kappa shape index (κ1) is 15.7. The summed E-state index contributed by atoms with van der Waals surface area (Å²) in [6, 6.07) is 20.0. The van der Waals surface area contributed by atoms with Gasteiger partial charge in [-0.25, -0.2) is 0 Å². The number of phenols is 1. The quantitative estimate of drug-likeness (QED) is 0.344. The van der Waals surface area contributed by atoms with Crippen LogP contribution in [0.25, 0.3) is 11.1 Å². The molecule has 6 heteroatoms. The van der Waals surface area contributed by atoms with Crippen LogP contribution in [0.1, 0.15) is 16.7 Å². The molecule has 4 rings (SSSR count). The topological polar surface area (TPSA) is 88.1 Å². The molecule has 0 aliphatic heterocycles. The minimum Gasteiger partial charge on any atom is -0.502 e. The molecule has 26 heavy (non-hydrogen) atoms. The fraction of sp³-hybridized carbons (Fsp3) is 0. The van der Waals surface area contributed by atoms with Gasteiger partial charge in [0.15, 0.2) is 5.75 Å². The van der Waals surface area contributed by atoms with Crippen LogP contribution in [0.2, 0.25) is 0 Å². The molecular formula is C20H13N3O3. The van der Waals surface area contributed by atoms with E-state index in [2.05, 4.69) is 10.2 Å². The van der Waals surface area contributed by atoms with Gasteiger partial charge < -0.3 is 5.11 Å². The molecule has 1 aliphatic carbocycles. The average Bonchev–Trinajstić information content (AvgIpc) is 2.97. The molecular weight excluding hydrogens is 330 g/mol. The van der Waals surface area contributed by atoms with E-state index in [1.807, 2.05) is 48.5 Å². The van der Waals surface area contributed by atoms with Crippen molar-refractivity contribution in [2.75, 3.05) is 0 Å². The van der Waals surface area contributed by atoms with Crippen LogP contribution >= 0.6 is 0 Å². The largest absolute Gasteiger partial charge is 0.502 e. The molecule has 0 fully saturated rings. The zero-order chi connectivity index (χ0) is 18.1. The normalized spacial score (nSPS) is 12.1. The van der Waals surface area contributed by atoms with Gasteiger partial charge in [0.25, 0.3) is 0 Å². The number of nitro benzene ring substituents is 1. The van der Waals surface area contributed by atoms with Crippen LogP contribution in [0.5, 0.6) is 5.75 Å². The van der Waals surface area contributed by atoms with E-state index in [1.54, 1.807) is 6.07 Å². The number of aromatic hydroxyl groups is 1. The highest BCUT2D eigenvalue weighted by Crippen LogP contribution is 2.36. The predicted molar refractivity (Wildman–Crippen MR) is 99.9 cm³/mol. The van der Waals surface area contributed by atoms with E-state index in [1.165, 1.54) is 18.3 Å². The van der Waals surface area contributed by atoms with Gasteiger partial charge in [-0.3, -0.25) is 10.1 Å². The van der Waals surface area contributed by atoms with Gasteiger partial charge in [-0.2, -0.15) is 5.10 Å². The Labute approximate surface area is 148 Å². The highest BCUT2D eigenvalue weighted by atomic mass is 16.6. The Balaban J connectivity index is 1.73. The molecule has 0 amide bonds. The van der Waals surface area contributed by atoms with Crippen LogP contribution in [0.15, 0.2) is 76.9 Å². The molecule has 0 unspecified atom stereocenters. The van der Waals surface area contributed by atoms with Crippen molar-refractivity contribution in [1.29, 1.82) is 0 Å². The van der Waals surface area contributed by atoms with Crippen LogP contribution in [0.4, 0.5) is 5.69 Å². The van der Waals surface area contributed by atoms with Gasteiger partial charge in [-0.05, 0) is 23.3 Å². The zero-order valence-electron chi connectivity index (χ0n) is 13.5. The standard InChI is InChI=1S/C20H13N3O3/c24-19-10-9-13(11-18(19)23(25)26)12-21-22-20-16-7-3-1-5-14(16)15-6-2-4-8-17(15)20/h1-12,24H/b21-12+. The van der Waals surface area contributed by atoms with E-state index < -0.39 is 4.92 Å². The van der Waals surface area contributed by atoms with Gasteiger partial charge in [0.1, 0.15) is 5.71 Å². The Kier molecular flexibility index (Phi) is 3.78. The first-order chi connectivity index (χ1) is 12.6. The monoisotopic (exact) mass is 343 g/mol. The maximum atomic E-state index is 10.9. The van der Waals surface area contributed by atoms with Gasteiger partial charge in [0.2, 0.25) is 0 Å². The van der Waals surface area contributed by atoms with E-state index in [-0.39, 0.29) is 11.4 Å². The third-order valence-electron chi connectivity index (χ3n) is 4.22. The molecule has 0 saturated heterocycles. The number of hydrogen-bond donors (Lipinski definition) is 1. The molecule has 6 nitrogen and oxygen atoms in total. The van der Waals surface area contributed by atoms with Crippen molar-refractivity contribution < 1.29 is 10.0 Å². The van der Waals surface area contributed by atoms with Crippen molar-refractivity contribution in [2.45, 2.75) is 0 Å². The molecule has 126 valence electrons. The number of nitro groups is 1. The molecule has 3 aromatic carbocycles. The Morgan fingerprint density at radius 2 is 1.46 bits per heavy atom. The average molecular weight is 343 g/mol. The van der Waals surface area contributed by atoms with Gasteiger partial charge in [0.05, 0.1) is 11.1 Å². The summed E-state index contributed by atoms with van der Waals surface area (Å²) in [4.78, 5) is 10.3. The van der Waals surface area contributed by atoms with Crippen molar-refractivity contribution in [2.24, 2.45) is 10.2 Å². The molecule has 0 bridgehead atoms. The molecule has 3 aromatic rings. The Morgan fingerprint density at radius 1 is 0.885 bits per heavy atom. The summed E-state index contributed by atoms with van der Waals surface area (Å²) in [5.74, 6) is -0.378.